The van der Waals surface area contributed by atoms with Gasteiger partial charge in [0.2, 0.25) is 5.13 Å². The summed E-state index contributed by atoms with van der Waals surface area (Å²) in [6, 6.07) is 7.42. The van der Waals surface area contributed by atoms with E-state index in [9.17, 15) is 4.79 Å². The number of anilines is 3. The standard InChI is InChI=1S/C15H19N5O2S/c16-11-3-5-12(6-4-11)17-15-19-18-13(23-15)9-20-7-1-2-10(8-20)14(21)22/h3-6,10H,1-2,7-9,16H2,(H,17,19)(H,21,22). The van der Waals surface area contributed by atoms with Gasteiger partial charge in [0.25, 0.3) is 0 Å². The average Bonchev–Trinajstić information content (AvgIpc) is 2.97. The van der Waals surface area contributed by atoms with Crippen LogP contribution < -0.4 is 11.1 Å². The highest BCUT2D eigenvalue weighted by molar-refractivity contribution is 7.15. The summed E-state index contributed by atoms with van der Waals surface area (Å²) in [6.07, 6.45) is 1.66. The number of benzene rings is 1. The van der Waals surface area contributed by atoms with Crippen molar-refractivity contribution in [2.24, 2.45) is 5.92 Å². The van der Waals surface area contributed by atoms with Gasteiger partial charge in [0.15, 0.2) is 0 Å². The average molecular weight is 333 g/mol. The van der Waals surface area contributed by atoms with E-state index in [4.69, 9.17) is 10.8 Å². The summed E-state index contributed by atoms with van der Waals surface area (Å²) in [5.74, 6) is -0.985. The van der Waals surface area contributed by atoms with E-state index < -0.39 is 5.97 Å². The van der Waals surface area contributed by atoms with Crippen LogP contribution in [-0.2, 0) is 11.3 Å². The van der Waals surface area contributed by atoms with Gasteiger partial charge in [-0.2, -0.15) is 0 Å². The largest absolute Gasteiger partial charge is 0.481 e. The quantitative estimate of drug-likeness (QED) is 0.720. The molecule has 0 aliphatic carbocycles. The maximum atomic E-state index is 11.1. The second kappa shape index (κ2) is 6.93. The zero-order chi connectivity index (χ0) is 16.2. The molecule has 2 aromatic rings. The molecular weight excluding hydrogens is 314 g/mol. The number of nitrogen functional groups attached to an aromatic ring is 1. The van der Waals surface area contributed by atoms with Crippen molar-refractivity contribution in [3.8, 4) is 0 Å². The van der Waals surface area contributed by atoms with Crippen molar-refractivity contribution in [2.75, 3.05) is 24.1 Å². The van der Waals surface area contributed by atoms with E-state index in [1.165, 1.54) is 11.3 Å². The molecule has 0 bridgehead atoms. The minimum absolute atomic E-state index is 0.274. The number of nitrogens with one attached hydrogen (secondary N) is 1. The van der Waals surface area contributed by atoms with Crippen molar-refractivity contribution in [1.82, 2.24) is 15.1 Å². The van der Waals surface area contributed by atoms with Crippen molar-refractivity contribution >= 4 is 33.8 Å². The molecule has 1 unspecified atom stereocenters. The third kappa shape index (κ3) is 4.17. The lowest BCUT2D eigenvalue weighted by molar-refractivity contribution is -0.143. The Morgan fingerprint density at radius 1 is 1.39 bits per heavy atom. The summed E-state index contributed by atoms with van der Waals surface area (Å²) in [5.41, 5.74) is 7.28. The Bertz CT molecular complexity index is 673. The lowest BCUT2D eigenvalue weighted by Gasteiger charge is -2.29. The number of nitrogens with zero attached hydrogens (tertiary/aromatic N) is 3. The van der Waals surface area contributed by atoms with Gasteiger partial charge in [-0.1, -0.05) is 11.3 Å². The van der Waals surface area contributed by atoms with Crippen molar-refractivity contribution < 1.29 is 9.90 Å². The smallest absolute Gasteiger partial charge is 0.307 e. The van der Waals surface area contributed by atoms with E-state index in [0.717, 1.165) is 35.2 Å². The third-order valence-electron chi connectivity index (χ3n) is 3.84. The fraction of sp³-hybridized carbons (Fsp3) is 0.400. The fourth-order valence-electron chi connectivity index (χ4n) is 2.65. The summed E-state index contributed by atoms with van der Waals surface area (Å²) < 4.78 is 0. The number of rotatable bonds is 5. The van der Waals surface area contributed by atoms with Crippen LogP contribution in [0.25, 0.3) is 0 Å². The molecule has 1 aliphatic rings. The number of aliphatic carboxylic acids is 1. The van der Waals surface area contributed by atoms with E-state index in [0.29, 0.717) is 18.8 Å². The molecule has 1 saturated heterocycles. The molecule has 8 heteroatoms. The van der Waals surface area contributed by atoms with Crippen molar-refractivity contribution in [3.05, 3.63) is 29.3 Å². The summed E-state index contributed by atoms with van der Waals surface area (Å²) in [6.45, 7) is 2.13. The van der Waals surface area contributed by atoms with Crippen molar-refractivity contribution in [3.63, 3.8) is 0 Å². The molecule has 4 N–H and O–H groups in total. The van der Waals surface area contributed by atoms with Gasteiger partial charge >= 0.3 is 5.97 Å². The number of likely N-dealkylation sites (tertiary alicyclic amines) is 1. The Balaban J connectivity index is 1.58. The minimum Gasteiger partial charge on any atom is -0.481 e. The molecule has 23 heavy (non-hydrogen) atoms. The van der Waals surface area contributed by atoms with Crippen LogP contribution in [0.5, 0.6) is 0 Å². The number of hydrogen-bond donors (Lipinski definition) is 3. The van der Waals surface area contributed by atoms with Crippen LogP contribution in [0.15, 0.2) is 24.3 Å². The first-order valence-corrected chi connectivity index (χ1v) is 8.32. The van der Waals surface area contributed by atoms with Gasteiger partial charge < -0.3 is 16.2 Å². The maximum absolute atomic E-state index is 11.1. The van der Waals surface area contributed by atoms with E-state index in [1.54, 1.807) is 0 Å². The van der Waals surface area contributed by atoms with Crippen LogP contribution in [0.2, 0.25) is 0 Å². The second-order valence-electron chi connectivity index (χ2n) is 5.66. The zero-order valence-corrected chi connectivity index (χ0v) is 13.4. The Labute approximate surface area is 138 Å². The highest BCUT2D eigenvalue weighted by atomic mass is 32.1. The summed E-state index contributed by atoms with van der Waals surface area (Å²) >= 11 is 1.48. The van der Waals surface area contributed by atoms with Gasteiger partial charge in [-0.15, -0.1) is 10.2 Å². The third-order valence-corrected chi connectivity index (χ3v) is 4.67. The van der Waals surface area contributed by atoms with Gasteiger partial charge in [0.05, 0.1) is 12.5 Å². The molecule has 0 radical (unpaired) electrons. The summed E-state index contributed by atoms with van der Waals surface area (Å²) in [5, 5.41) is 22.3. The SMILES string of the molecule is Nc1ccc(Nc2nnc(CN3CCCC(C(=O)O)C3)s2)cc1. The van der Waals surface area contributed by atoms with Gasteiger partial charge in [-0.25, -0.2) is 0 Å². The molecule has 0 saturated carbocycles. The topological polar surface area (TPSA) is 104 Å². The van der Waals surface area contributed by atoms with Crippen LogP contribution >= 0.6 is 11.3 Å². The Kier molecular flexibility index (Phi) is 4.73. The van der Waals surface area contributed by atoms with Gasteiger partial charge in [0.1, 0.15) is 5.01 Å². The highest BCUT2D eigenvalue weighted by Crippen LogP contribution is 2.24. The zero-order valence-electron chi connectivity index (χ0n) is 12.6. The van der Waals surface area contributed by atoms with Crippen LogP contribution in [0, 0.1) is 5.92 Å². The van der Waals surface area contributed by atoms with Crippen LogP contribution in [-0.4, -0.2) is 39.3 Å². The lowest BCUT2D eigenvalue weighted by Crippen LogP contribution is -2.38. The number of aromatic nitrogens is 2. The van der Waals surface area contributed by atoms with Crippen molar-refractivity contribution in [1.29, 1.82) is 0 Å². The molecule has 0 spiro atoms. The first-order valence-electron chi connectivity index (χ1n) is 7.50. The van der Waals surface area contributed by atoms with Gasteiger partial charge in [-0.3, -0.25) is 9.69 Å². The monoisotopic (exact) mass is 333 g/mol. The normalized spacial score (nSPS) is 18.7. The number of piperidine rings is 1. The molecule has 122 valence electrons. The molecule has 7 nitrogen and oxygen atoms in total. The maximum Gasteiger partial charge on any atom is 0.307 e. The first kappa shape index (κ1) is 15.7. The molecule has 1 aromatic carbocycles. The molecule has 3 rings (SSSR count). The Morgan fingerprint density at radius 3 is 2.91 bits per heavy atom. The number of carboxylic acid groups (broad SMARTS) is 1. The molecule has 1 atom stereocenters. The van der Waals surface area contributed by atoms with E-state index in [-0.39, 0.29) is 5.92 Å². The predicted molar refractivity (Wildman–Crippen MR) is 89.7 cm³/mol. The molecular formula is C15H19N5O2S. The Morgan fingerprint density at radius 2 is 2.17 bits per heavy atom. The first-order chi connectivity index (χ1) is 11.1. The molecule has 1 aliphatic heterocycles. The number of carbonyl (C=O) groups is 1. The van der Waals surface area contributed by atoms with Gasteiger partial charge in [-0.05, 0) is 43.7 Å². The minimum atomic E-state index is -0.710. The fourth-order valence-corrected chi connectivity index (χ4v) is 3.45. The highest BCUT2D eigenvalue weighted by Gasteiger charge is 2.25. The van der Waals surface area contributed by atoms with Crippen LogP contribution in [0.1, 0.15) is 17.8 Å². The number of hydrogen-bond acceptors (Lipinski definition) is 7. The summed E-state index contributed by atoms with van der Waals surface area (Å²) in [7, 11) is 0. The summed E-state index contributed by atoms with van der Waals surface area (Å²) in [4.78, 5) is 13.2. The number of nitrogens with two attached hydrogens (primary N) is 1. The van der Waals surface area contributed by atoms with Gasteiger partial charge in [0, 0.05) is 17.9 Å². The molecule has 2 heterocycles. The second-order valence-corrected chi connectivity index (χ2v) is 6.72. The van der Waals surface area contributed by atoms with Crippen LogP contribution in [0.4, 0.5) is 16.5 Å². The predicted octanol–water partition coefficient (Wildman–Crippen LogP) is 2.16. The Hall–Kier alpha value is -2.19. The van der Waals surface area contributed by atoms with E-state index in [1.807, 2.05) is 24.3 Å². The van der Waals surface area contributed by atoms with E-state index in [2.05, 4.69) is 20.4 Å². The van der Waals surface area contributed by atoms with Crippen molar-refractivity contribution in [2.45, 2.75) is 19.4 Å². The lowest BCUT2D eigenvalue weighted by atomic mass is 9.98. The van der Waals surface area contributed by atoms with E-state index >= 15 is 0 Å². The molecule has 0 amide bonds. The molecule has 1 fully saturated rings. The number of carboxylic acids is 1. The molecule has 1 aromatic heterocycles. The van der Waals surface area contributed by atoms with Crippen LogP contribution in [0.3, 0.4) is 0 Å².